The molecule has 0 amide bonds. The van der Waals surface area contributed by atoms with Gasteiger partial charge in [0.05, 0.1) is 3.79 Å². The van der Waals surface area contributed by atoms with Gasteiger partial charge in [-0.15, -0.1) is 11.3 Å². The van der Waals surface area contributed by atoms with E-state index in [-0.39, 0.29) is 0 Å². The largest absolute Gasteiger partial charge is 0.310 e. The predicted molar refractivity (Wildman–Crippen MR) is 74.0 cm³/mol. The number of nitrogens with one attached hydrogen (secondary N) is 2. The molecule has 1 saturated heterocycles. The Morgan fingerprint density at radius 3 is 3.00 bits per heavy atom. The normalized spacial score (nSPS) is 25.1. The van der Waals surface area contributed by atoms with E-state index in [0.29, 0.717) is 5.54 Å². The second-order valence-electron chi connectivity index (χ2n) is 4.47. The number of thiophene rings is 1. The maximum absolute atomic E-state index is 3.64. The molecule has 1 aromatic rings. The molecule has 1 atom stereocenters. The summed E-state index contributed by atoms with van der Waals surface area (Å²) in [7, 11) is 0. The Kier molecular flexibility index (Phi) is 4.41. The van der Waals surface area contributed by atoms with Crippen molar-refractivity contribution in [1.29, 1.82) is 0 Å². The van der Waals surface area contributed by atoms with Crippen molar-refractivity contribution in [3.05, 3.63) is 20.8 Å². The number of hydrogen-bond acceptors (Lipinski definition) is 3. The summed E-state index contributed by atoms with van der Waals surface area (Å²) in [5.41, 5.74) is 0.356. The molecule has 2 N–H and O–H groups in total. The van der Waals surface area contributed by atoms with Crippen LogP contribution in [0.5, 0.6) is 0 Å². The standard InChI is InChI=1S/C12H19BrN2S/c1-2-12(6-3-7-15-12)9-14-8-10-4-5-11(13)16-10/h4-5,14-15H,2-3,6-9H2,1H3. The van der Waals surface area contributed by atoms with Crippen molar-refractivity contribution in [1.82, 2.24) is 10.6 Å². The highest BCUT2D eigenvalue weighted by Crippen LogP contribution is 2.24. The molecule has 0 aromatic carbocycles. The minimum atomic E-state index is 0.356. The molecule has 1 aromatic heterocycles. The van der Waals surface area contributed by atoms with Gasteiger partial charge in [-0.2, -0.15) is 0 Å². The predicted octanol–water partition coefficient (Wildman–Crippen LogP) is 3.13. The first kappa shape index (κ1) is 12.6. The second-order valence-corrected chi connectivity index (χ2v) is 7.02. The van der Waals surface area contributed by atoms with Gasteiger partial charge in [-0.1, -0.05) is 6.92 Å². The fourth-order valence-electron chi connectivity index (χ4n) is 2.32. The quantitative estimate of drug-likeness (QED) is 0.873. The van der Waals surface area contributed by atoms with Gasteiger partial charge in [-0.05, 0) is 53.9 Å². The van der Waals surface area contributed by atoms with E-state index in [1.807, 2.05) is 11.3 Å². The van der Waals surface area contributed by atoms with Gasteiger partial charge in [0.25, 0.3) is 0 Å². The summed E-state index contributed by atoms with van der Waals surface area (Å²) in [5.74, 6) is 0. The van der Waals surface area contributed by atoms with Crippen LogP contribution in [0.2, 0.25) is 0 Å². The topological polar surface area (TPSA) is 24.1 Å². The lowest BCUT2D eigenvalue weighted by atomic mass is 9.94. The van der Waals surface area contributed by atoms with E-state index in [0.717, 1.165) is 13.1 Å². The van der Waals surface area contributed by atoms with Gasteiger partial charge in [0, 0.05) is 23.5 Å². The van der Waals surface area contributed by atoms with E-state index in [1.165, 1.54) is 34.5 Å². The fourth-order valence-corrected chi connectivity index (χ4v) is 3.77. The van der Waals surface area contributed by atoms with Crippen LogP contribution in [0.4, 0.5) is 0 Å². The Hall–Kier alpha value is 0.1000. The third-order valence-corrected chi connectivity index (χ3v) is 5.02. The average Bonchev–Trinajstić information content (AvgIpc) is 2.89. The van der Waals surface area contributed by atoms with Gasteiger partial charge in [0.2, 0.25) is 0 Å². The van der Waals surface area contributed by atoms with Gasteiger partial charge in [0.1, 0.15) is 0 Å². The van der Waals surface area contributed by atoms with E-state index >= 15 is 0 Å². The Bertz CT molecular complexity index is 332. The van der Waals surface area contributed by atoms with Gasteiger partial charge < -0.3 is 10.6 Å². The minimum Gasteiger partial charge on any atom is -0.310 e. The number of halogens is 1. The highest BCUT2D eigenvalue weighted by Gasteiger charge is 2.30. The minimum absolute atomic E-state index is 0.356. The molecule has 2 nitrogen and oxygen atoms in total. The maximum Gasteiger partial charge on any atom is 0.0701 e. The van der Waals surface area contributed by atoms with Crippen molar-refractivity contribution in [2.24, 2.45) is 0 Å². The van der Waals surface area contributed by atoms with Crippen molar-refractivity contribution < 1.29 is 0 Å². The van der Waals surface area contributed by atoms with Gasteiger partial charge in [0.15, 0.2) is 0 Å². The summed E-state index contributed by atoms with van der Waals surface area (Å²) in [6.07, 6.45) is 3.85. The van der Waals surface area contributed by atoms with Crippen LogP contribution in [0.1, 0.15) is 31.1 Å². The summed E-state index contributed by atoms with van der Waals surface area (Å²) in [4.78, 5) is 1.40. The smallest absolute Gasteiger partial charge is 0.0701 e. The van der Waals surface area contributed by atoms with Crippen molar-refractivity contribution in [2.45, 2.75) is 38.3 Å². The molecule has 0 aliphatic carbocycles. The highest BCUT2D eigenvalue weighted by atomic mass is 79.9. The summed E-state index contributed by atoms with van der Waals surface area (Å²) in [5, 5.41) is 7.22. The second kappa shape index (κ2) is 5.63. The molecule has 0 bridgehead atoms. The first-order chi connectivity index (χ1) is 7.74. The molecule has 0 spiro atoms. The van der Waals surface area contributed by atoms with Crippen molar-refractivity contribution in [3.63, 3.8) is 0 Å². The first-order valence-electron chi connectivity index (χ1n) is 5.94. The zero-order chi connectivity index (χ0) is 11.4. The zero-order valence-electron chi connectivity index (χ0n) is 9.68. The van der Waals surface area contributed by atoms with Crippen LogP contribution in [0, 0.1) is 0 Å². The van der Waals surface area contributed by atoms with Crippen LogP contribution in [0.25, 0.3) is 0 Å². The van der Waals surface area contributed by atoms with Crippen LogP contribution in [0.15, 0.2) is 15.9 Å². The van der Waals surface area contributed by atoms with Crippen LogP contribution in [-0.4, -0.2) is 18.6 Å². The lowest BCUT2D eigenvalue weighted by molar-refractivity contribution is 0.340. The maximum atomic E-state index is 3.64. The number of hydrogen-bond donors (Lipinski definition) is 2. The lowest BCUT2D eigenvalue weighted by Gasteiger charge is -2.28. The molecule has 1 aliphatic heterocycles. The molecular formula is C12H19BrN2S. The van der Waals surface area contributed by atoms with Crippen LogP contribution in [-0.2, 0) is 6.54 Å². The molecule has 90 valence electrons. The van der Waals surface area contributed by atoms with Crippen LogP contribution in [0.3, 0.4) is 0 Å². The third kappa shape index (κ3) is 3.06. The zero-order valence-corrected chi connectivity index (χ0v) is 12.1. The van der Waals surface area contributed by atoms with E-state index in [1.54, 1.807) is 0 Å². The van der Waals surface area contributed by atoms with Crippen molar-refractivity contribution in [3.8, 4) is 0 Å². The number of rotatable bonds is 5. The van der Waals surface area contributed by atoms with Gasteiger partial charge >= 0.3 is 0 Å². The Balaban J connectivity index is 1.78. The third-order valence-electron chi connectivity index (χ3n) is 3.40. The molecule has 1 unspecified atom stereocenters. The van der Waals surface area contributed by atoms with E-state index in [9.17, 15) is 0 Å². The first-order valence-corrected chi connectivity index (χ1v) is 7.55. The molecule has 4 heteroatoms. The van der Waals surface area contributed by atoms with E-state index in [4.69, 9.17) is 0 Å². The molecule has 2 heterocycles. The molecule has 16 heavy (non-hydrogen) atoms. The molecular weight excluding hydrogens is 284 g/mol. The average molecular weight is 303 g/mol. The summed E-state index contributed by atoms with van der Waals surface area (Å²) in [6, 6.07) is 4.30. The molecule has 2 rings (SSSR count). The molecule has 1 aliphatic rings. The van der Waals surface area contributed by atoms with Crippen molar-refractivity contribution in [2.75, 3.05) is 13.1 Å². The Morgan fingerprint density at radius 1 is 1.56 bits per heavy atom. The van der Waals surface area contributed by atoms with E-state index < -0.39 is 0 Å². The lowest BCUT2D eigenvalue weighted by Crippen LogP contribution is -2.47. The summed E-state index contributed by atoms with van der Waals surface area (Å²) >= 11 is 5.30. The molecule has 1 fully saturated rings. The van der Waals surface area contributed by atoms with Gasteiger partial charge in [-0.3, -0.25) is 0 Å². The molecule has 0 radical (unpaired) electrons. The SMILES string of the molecule is CCC1(CNCc2ccc(Br)s2)CCCN1. The summed E-state index contributed by atoms with van der Waals surface area (Å²) in [6.45, 7) is 5.53. The fraction of sp³-hybridized carbons (Fsp3) is 0.667. The van der Waals surface area contributed by atoms with E-state index in [2.05, 4.69) is 45.6 Å². The Labute approximate surface area is 110 Å². The van der Waals surface area contributed by atoms with Crippen LogP contribution >= 0.6 is 27.3 Å². The Morgan fingerprint density at radius 2 is 2.44 bits per heavy atom. The highest BCUT2D eigenvalue weighted by molar-refractivity contribution is 9.11. The van der Waals surface area contributed by atoms with Crippen molar-refractivity contribution >= 4 is 27.3 Å². The van der Waals surface area contributed by atoms with Crippen LogP contribution < -0.4 is 10.6 Å². The monoisotopic (exact) mass is 302 g/mol. The summed E-state index contributed by atoms with van der Waals surface area (Å²) < 4.78 is 1.22. The van der Waals surface area contributed by atoms with Gasteiger partial charge in [-0.25, -0.2) is 0 Å². The molecule has 0 saturated carbocycles.